The van der Waals surface area contributed by atoms with E-state index in [4.69, 9.17) is 0 Å². The van der Waals surface area contributed by atoms with E-state index in [9.17, 15) is 4.39 Å². The maximum Gasteiger partial charge on any atom is 0.123 e. The van der Waals surface area contributed by atoms with Crippen molar-refractivity contribution in [2.45, 2.75) is 59.0 Å². The van der Waals surface area contributed by atoms with Crippen LogP contribution in [0.4, 0.5) is 4.39 Å². The third-order valence-corrected chi connectivity index (χ3v) is 4.31. The molecule has 3 unspecified atom stereocenters. The Morgan fingerprint density at radius 1 is 1.16 bits per heavy atom. The fourth-order valence-corrected chi connectivity index (χ4v) is 3.11. The summed E-state index contributed by atoms with van der Waals surface area (Å²) in [6, 6.07) is 7.82. The van der Waals surface area contributed by atoms with E-state index >= 15 is 0 Å². The van der Waals surface area contributed by atoms with Crippen molar-refractivity contribution in [1.82, 2.24) is 5.32 Å². The number of halogens is 1. The molecule has 1 N–H and O–H groups in total. The summed E-state index contributed by atoms with van der Waals surface area (Å²) in [5, 5.41) is 3.82. The lowest BCUT2D eigenvalue weighted by molar-refractivity contribution is 0.233. The minimum absolute atomic E-state index is 0.125. The Morgan fingerprint density at radius 3 is 2.26 bits per heavy atom. The zero-order valence-electron chi connectivity index (χ0n) is 12.5. The standard InChI is InChI=1S/C17H26FN/c1-12-6-5-7-15(12)19-16(17(2,3)4)13-8-10-14(18)11-9-13/h8-12,15-16,19H,5-7H2,1-4H3. The lowest BCUT2D eigenvalue weighted by atomic mass is 9.81. The highest BCUT2D eigenvalue weighted by Gasteiger charge is 2.32. The Labute approximate surface area is 116 Å². The van der Waals surface area contributed by atoms with Crippen molar-refractivity contribution in [3.63, 3.8) is 0 Å². The minimum atomic E-state index is -0.161. The highest BCUT2D eigenvalue weighted by Crippen LogP contribution is 2.36. The van der Waals surface area contributed by atoms with Crippen LogP contribution in [-0.4, -0.2) is 6.04 Å². The van der Waals surface area contributed by atoms with E-state index in [-0.39, 0.29) is 17.3 Å². The van der Waals surface area contributed by atoms with Gasteiger partial charge in [-0.3, -0.25) is 0 Å². The average molecular weight is 263 g/mol. The third-order valence-electron chi connectivity index (χ3n) is 4.31. The first-order chi connectivity index (χ1) is 8.88. The summed E-state index contributed by atoms with van der Waals surface area (Å²) >= 11 is 0. The number of benzene rings is 1. The van der Waals surface area contributed by atoms with Gasteiger partial charge in [0.1, 0.15) is 5.82 Å². The van der Waals surface area contributed by atoms with Crippen molar-refractivity contribution in [3.05, 3.63) is 35.6 Å². The molecule has 1 nitrogen and oxygen atoms in total. The van der Waals surface area contributed by atoms with E-state index in [2.05, 4.69) is 33.0 Å². The molecule has 3 atom stereocenters. The summed E-state index contributed by atoms with van der Waals surface area (Å²) in [7, 11) is 0. The van der Waals surface area contributed by atoms with Crippen LogP contribution in [0.15, 0.2) is 24.3 Å². The Hall–Kier alpha value is -0.890. The second-order valence-electron chi connectivity index (χ2n) is 7.03. The molecule has 19 heavy (non-hydrogen) atoms. The van der Waals surface area contributed by atoms with Crippen molar-refractivity contribution in [2.24, 2.45) is 11.3 Å². The Bertz CT molecular complexity index is 404. The summed E-state index contributed by atoms with van der Waals surface area (Å²) < 4.78 is 13.1. The van der Waals surface area contributed by atoms with Gasteiger partial charge in [0, 0.05) is 12.1 Å². The summed E-state index contributed by atoms with van der Waals surface area (Å²) in [6.07, 6.45) is 3.89. The predicted molar refractivity (Wildman–Crippen MR) is 78.5 cm³/mol. The van der Waals surface area contributed by atoms with Crippen molar-refractivity contribution in [2.75, 3.05) is 0 Å². The average Bonchev–Trinajstić information content (AvgIpc) is 2.72. The van der Waals surface area contributed by atoms with Crippen molar-refractivity contribution >= 4 is 0 Å². The lowest BCUT2D eigenvalue weighted by Crippen LogP contribution is -2.40. The molecule has 0 spiro atoms. The number of hydrogen-bond donors (Lipinski definition) is 1. The molecule has 1 aliphatic rings. The third kappa shape index (κ3) is 3.56. The first kappa shape index (κ1) is 14.5. The van der Waals surface area contributed by atoms with Gasteiger partial charge in [0.05, 0.1) is 0 Å². The van der Waals surface area contributed by atoms with Crippen LogP contribution in [0.1, 0.15) is 58.6 Å². The van der Waals surface area contributed by atoms with Gasteiger partial charge in [-0.05, 0) is 41.9 Å². The van der Waals surface area contributed by atoms with Crippen LogP contribution < -0.4 is 5.32 Å². The molecule has 0 aliphatic heterocycles. The van der Waals surface area contributed by atoms with Crippen molar-refractivity contribution in [3.8, 4) is 0 Å². The van der Waals surface area contributed by atoms with Gasteiger partial charge in [0.25, 0.3) is 0 Å². The molecule has 2 heteroatoms. The smallest absolute Gasteiger partial charge is 0.123 e. The second kappa shape index (κ2) is 5.62. The molecule has 0 saturated heterocycles. The maximum absolute atomic E-state index is 13.1. The van der Waals surface area contributed by atoms with Crippen LogP contribution in [0.3, 0.4) is 0 Å². The lowest BCUT2D eigenvalue weighted by Gasteiger charge is -2.35. The summed E-state index contributed by atoms with van der Waals surface area (Å²) in [5.41, 5.74) is 1.31. The van der Waals surface area contributed by atoms with Crippen molar-refractivity contribution in [1.29, 1.82) is 0 Å². The van der Waals surface area contributed by atoms with Gasteiger partial charge in [-0.15, -0.1) is 0 Å². The molecule has 1 fully saturated rings. The zero-order valence-corrected chi connectivity index (χ0v) is 12.5. The number of nitrogens with one attached hydrogen (secondary N) is 1. The minimum Gasteiger partial charge on any atom is -0.306 e. The molecule has 0 bridgehead atoms. The van der Waals surface area contributed by atoms with E-state index in [0.29, 0.717) is 6.04 Å². The number of hydrogen-bond acceptors (Lipinski definition) is 1. The van der Waals surface area contributed by atoms with Crippen LogP contribution in [0, 0.1) is 17.2 Å². The molecule has 0 radical (unpaired) electrons. The Kier molecular flexibility index (Phi) is 4.29. The van der Waals surface area contributed by atoms with Gasteiger partial charge in [-0.2, -0.15) is 0 Å². The van der Waals surface area contributed by atoms with E-state index in [0.717, 1.165) is 5.92 Å². The quantitative estimate of drug-likeness (QED) is 0.834. The monoisotopic (exact) mass is 263 g/mol. The predicted octanol–water partition coefficient (Wildman–Crippen LogP) is 4.69. The van der Waals surface area contributed by atoms with E-state index in [1.165, 1.54) is 24.8 Å². The van der Waals surface area contributed by atoms with Crippen molar-refractivity contribution < 1.29 is 4.39 Å². The largest absolute Gasteiger partial charge is 0.306 e. The fourth-order valence-electron chi connectivity index (χ4n) is 3.11. The van der Waals surface area contributed by atoms with Gasteiger partial charge in [-0.1, -0.05) is 46.2 Å². The second-order valence-corrected chi connectivity index (χ2v) is 7.03. The van der Waals surface area contributed by atoms with E-state index in [1.54, 1.807) is 12.1 Å². The first-order valence-electron chi connectivity index (χ1n) is 7.39. The van der Waals surface area contributed by atoms with Crippen LogP contribution in [-0.2, 0) is 0 Å². The van der Waals surface area contributed by atoms with E-state index < -0.39 is 0 Å². The summed E-state index contributed by atoms with van der Waals surface area (Å²) in [5.74, 6) is 0.580. The molecule has 0 heterocycles. The molecule has 2 rings (SSSR count). The Morgan fingerprint density at radius 2 is 1.79 bits per heavy atom. The van der Waals surface area contributed by atoms with Gasteiger partial charge >= 0.3 is 0 Å². The Balaban J connectivity index is 2.19. The molecule has 0 amide bonds. The van der Waals surface area contributed by atoms with Crippen LogP contribution in [0.2, 0.25) is 0 Å². The highest BCUT2D eigenvalue weighted by molar-refractivity contribution is 5.22. The van der Waals surface area contributed by atoms with Gasteiger partial charge in [0.2, 0.25) is 0 Å². The van der Waals surface area contributed by atoms with Gasteiger partial charge < -0.3 is 5.32 Å². The summed E-state index contributed by atoms with van der Waals surface area (Å²) in [4.78, 5) is 0. The molecular weight excluding hydrogens is 237 g/mol. The number of rotatable bonds is 3. The highest BCUT2D eigenvalue weighted by atomic mass is 19.1. The molecule has 0 aromatic heterocycles. The van der Waals surface area contributed by atoms with Crippen LogP contribution in [0.25, 0.3) is 0 Å². The normalized spacial score (nSPS) is 25.5. The van der Waals surface area contributed by atoms with Gasteiger partial charge in [-0.25, -0.2) is 4.39 Å². The van der Waals surface area contributed by atoms with Crippen LogP contribution >= 0.6 is 0 Å². The molecule has 1 aromatic carbocycles. The molecule has 106 valence electrons. The van der Waals surface area contributed by atoms with E-state index in [1.807, 2.05) is 12.1 Å². The first-order valence-corrected chi connectivity index (χ1v) is 7.39. The SMILES string of the molecule is CC1CCCC1NC(c1ccc(F)cc1)C(C)(C)C. The van der Waals surface area contributed by atoms with Gasteiger partial charge in [0.15, 0.2) is 0 Å². The fraction of sp³-hybridized carbons (Fsp3) is 0.647. The topological polar surface area (TPSA) is 12.0 Å². The molecule has 1 aliphatic carbocycles. The molecular formula is C17H26FN. The van der Waals surface area contributed by atoms with Crippen LogP contribution in [0.5, 0.6) is 0 Å². The molecule has 1 aromatic rings. The zero-order chi connectivity index (χ0) is 14.0. The molecule has 1 saturated carbocycles. The summed E-state index contributed by atoms with van der Waals surface area (Å²) in [6.45, 7) is 9.06. The maximum atomic E-state index is 13.1.